The lowest BCUT2D eigenvalue weighted by Gasteiger charge is -2.16. The van der Waals surface area contributed by atoms with Gasteiger partial charge in [-0.3, -0.25) is 9.59 Å². The number of carbonyl (C=O) groups excluding carboxylic acids is 2. The molecule has 6 nitrogen and oxygen atoms in total. The smallest absolute Gasteiger partial charge is 0.335 e. The van der Waals surface area contributed by atoms with Gasteiger partial charge in [0.1, 0.15) is 0 Å². The van der Waals surface area contributed by atoms with Gasteiger partial charge in [-0.05, 0) is 65.7 Å². The Balaban J connectivity index is 1.45. The highest BCUT2D eigenvalue weighted by atomic mass is 35.5. The van der Waals surface area contributed by atoms with Crippen LogP contribution >= 0.6 is 23.4 Å². The van der Waals surface area contributed by atoms with Crippen LogP contribution in [-0.4, -0.2) is 28.1 Å². The van der Waals surface area contributed by atoms with Crippen LogP contribution in [0.4, 0.5) is 11.4 Å². The van der Waals surface area contributed by atoms with Gasteiger partial charge in [0, 0.05) is 16.1 Å². The highest BCUT2D eigenvalue weighted by Crippen LogP contribution is 2.30. The number of carboxylic acids is 1. The number of carboxylic acid groups (broad SMARTS) is 1. The third kappa shape index (κ3) is 6.05. The number of nitrogens with one attached hydrogen (secondary N) is 2. The summed E-state index contributed by atoms with van der Waals surface area (Å²) in [4.78, 5) is 37.8. The van der Waals surface area contributed by atoms with Crippen molar-refractivity contribution in [3.05, 3.63) is 101 Å². The molecule has 0 aliphatic carbocycles. The first kappa shape index (κ1) is 25.3. The number of thioether (sulfide) groups is 1. The lowest BCUT2D eigenvalue weighted by Crippen LogP contribution is -2.24. The molecule has 2 amide bonds. The van der Waals surface area contributed by atoms with Gasteiger partial charge in [0.05, 0.1) is 21.5 Å². The van der Waals surface area contributed by atoms with Crippen molar-refractivity contribution >= 4 is 63.3 Å². The van der Waals surface area contributed by atoms with E-state index in [-0.39, 0.29) is 28.1 Å². The fourth-order valence-corrected chi connectivity index (χ4v) is 4.81. The third-order valence-electron chi connectivity index (χ3n) is 5.52. The standard InChI is InChI=1S/C28H23ClN2O4S/c1-2-25(27(33)31-24-15-20(28(34)35)12-13-23(24)29)36-22-9-5-8-21(16-22)30-26(32)19-11-10-17-6-3-4-7-18(17)14-19/h3-16,25H,2H2,1H3,(H,30,32)(H,31,33)(H,34,35). The predicted octanol–water partition coefficient (Wildman–Crippen LogP) is 6.95. The number of hydrogen-bond acceptors (Lipinski definition) is 4. The van der Waals surface area contributed by atoms with Gasteiger partial charge in [-0.2, -0.15) is 0 Å². The summed E-state index contributed by atoms with van der Waals surface area (Å²) >= 11 is 7.50. The molecule has 0 radical (unpaired) electrons. The van der Waals surface area contributed by atoms with Crippen molar-refractivity contribution in [2.24, 2.45) is 0 Å². The molecule has 4 aromatic rings. The molecule has 0 fully saturated rings. The normalized spacial score (nSPS) is 11.6. The number of hydrogen-bond donors (Lipinski definition) is 3. The number of fused-ring (bicyclic) bond motifs is 1. The molecule has 0 spiro atoms. The van der Waals surface area contributed by atoms with Crippen molar-refractivity contribution in [2.45, 2.75) is 23.5 Å². The number of rotatable bonds is 8. The van der Waals surface area contributed by atoms with Gasteiger partial charge in [-0.1, -0.05) is 54.9 Å². The molecule has 4 aromatic carbocycles. The first-order valence-corrected chi connectivity index (χ1v) is 12.5. The molecular weight excluding hydrogens is 496 g/mol. The van der Waals surface area contributed by atoms with E-state index in [1.54, 1.807) is 12.1 Å². The number of benzene rings is 4. The third-order valence-corrected chi connectivity index (χ3v) is 7.20. The van der Waals surface area contributed by atoms with Crippen molar-refractivity contribution in [2.75, 3.05) is 10.6 Å². The van der Waals surface area contributed by atoms with Gasteiger partial charge in [0.2, 0.25) is 5.91 Å². The summed E-state index contributed by atoms with van der Waals surface area (Å²) in [6.45, 7) is 1.89. The maximum absolute atomic E-state index is 12.9. The fraction of sp³-hybridized carbons (Fsp3) is 0.107. The summed E-state index contributed by atoms with van der Waals surface area (Å²) in [5, 5.41) is 16.7. The van der Waals surface area contributed by atoms with Gasteiger partial charge >= 0.3 is 5.97 Å². The van der Waals surface area contributed by atoms with Crippen LogP contribution in [0.5, 0.6) is 0 Å². The Hall–Kier alpha value is -3.81. The summed E-state index contributed by atoms with van der Waals surface area (Å²) in [5.74, 6) is -1.62. The van der Waals surface area contributed by atoms with E-state index in [0.29, 0.717) is 17.7 Å². The van der Waals surface area contributed by atoms with Crippen LogP contribution < -0.4 is 10.6 Å². The highest BCUT2D eigenvalue weighted by molar-refractivity contribution is 8.00. The molecule has 3 N–H and O–H groups in total. The van der Waals surface area contributed by atoms with Crippen LogP contribution in [0, 0.1) is 0 Å². The van der Waals surface area contributed by atoms with Crippen molar-refractivity contribution in [1.82, 2.24) is 0 Å². The van der Waals surface area contributed by atoms with E-state index >= 15 is 0 Å². The second-order valence-electron chi connectivity index (χ2n) is 8.05. The van der Waals surface area contributed by atoms with Crippen LogP contribution in [0.15, 0.2) is 89.8 Å². The summed E-state index contributed by atoms with van der Waals surface area (Å²) in [5.41, 5.74) is 1.45. The first-order valence-electron chi connectivity index (χ1n) is 11.2. The Bertz CT molecular complexity index is 1460. The largest absolute Gasteiger partial charge is 0.478 e. The summed E-state index contributed by atoms with van der Waals surface area (Å²) in [6.07, 6.45) is 0.528. The lowest BCUT2D eigenvalue weighted by atomic mass is 10.1. The van der Waals surface area contributed by atoms with Gasteiger partial charge in [0.15, 0.2) is 0 Å². The molecule has 1 atom stereocenters. The van der Waals surface area contributed by atoms with E-state index in [4.69, 9.17) is 11.6 Å². The Morgan fingerprint density at radius 3 is 2.36 bits per heavy atom. The summed E-state index contributed by atoms with van der Waals surface area (Å²) in [7, 11) is 0. The maximum Gasteiger partial charge on any atom is 0.335 e. The van der Waals surface area contributed by atoms with E-state index in [0.717, 1.165) is 15.7 Å². The molecule has 0 aromatic heterocycles. The SMILES string of the molecule is CCC(Sc1cccc(NC(=O)c2ccc3ccccc3c2)c1)C(=O)Nc1cc(C(=O)O)ccc1Cl. The summed E-state index contributed by atoms with van der Waals surface area (Å²) in [6, 6.07) is 24.9. The monoisotopic (exact) mass is 518 g/mol. The Morgan fingerprint density at radius 1 is 0.861 bits per heavy atom. The van der Waals surface area contributed by atoms with E-state index < -0.39 is 11.2 Å². The predicted molar refractivity (Wildman–Crippen MR) is 145 cm³/mol. The molecule has 0 aliphatic heterocycles. The Labute approximate surface area is 217 Å². The van der Waals surface area contributed by atoms with Crippen molar-refractivity contribution in [3.8, 4) is 0 Å². The number of anilines is 2. The maximum atomic E-state index is 12.9. The van der Waals surface area contributed by atoms with Crippen LogP contribution in [0.25, 0.3) is 10.8 Å². The molecule has 0 saturated carbocycles. The second-order valence-corrected chi connectivity index (χ2v) is 9.73. The van der Waals surface area contributed by atoms with E-state index in [9.17, 15) is 19.5 Å². The zero-order valence-corrected chi connectivity index (χ0v) is 20.9. The molecule has 0 bridgehead atoms. The average molecular weight is 519 g/mol. The minimum Gasteiger partial charge on any atom is -0.478 e. The number of aromatic carboxylic acids is 1. The zero-order chi connectivity index (χ0) is 25.7. The molecule has 0 aliphatic rings. The van der Waals surface area contributed by atoms with Gasteiger partial charge in [0.25, 0.3) is 5.91 Å². The Kier molecular flexibility index (Phi) is 7.93. The molecular formula is C28H23ClN2O4S. The topological polar surface area (TPSA) is 95.5 Å². The van der Waals surface area contributed by atoms with Crippen LogP contribution in [0.1, 0.15) is 34.1 Å². The quantitative estimate of drug-likeness (QED) is 0.219. The van der Waals surface area contributed by atoms with Crippen LogP contribution in [-0.2, 0) is 4.79 Å². The number of carbonyl (C=O) groups is 3. The van der Waals surface area contributed by atoms with Crippen LogP contribution in [0.2, 0.25) is 5.02 Å². The molecule has 182 valence electrons. The van der Waals surface area contributed by atoms with Crippen molar-refractivity contribution < 1.29 is 19.5 Å². The minimum absolute atomic E-state index is 0.0326. The average Bonchev–Trinajstić information content (AvgIpc) is 2.88. The molecule has 8 heteroatoms. The molecule has 36 heavy (non-hydrogen) atoms. The molecule has 0 heterocycles. The van der Waals surface area contributed by atoms with Crippen molar-refractivity contribution in [3.63, 3.8) is 0 Å². The van der Waals surface area contributed by atoms with Gasteiger partial charge in [-0.15, -0.1) is 11.8 Å². The second kappa shape index (κ2) is 11.3. The molecule has 0 saturated heterocycles. The van der Waals surface area contributed by atoms with Crippen molar-refractivity contribution in [1.29, 1.82) is 0 Å². The van der Waals surface area contributed by atoms with E-state index in [2.05, 4.69) is 10.6 Å². The number of amides is 2. The minimum atomic E-state index is -1.11. The van der Waals surface area contributed by atoms with Gasteiger partial charge < -0.3 is 15.7 Å². The van der Waals surface area contributed by atoms with Crippen LogP contribution in [0.3, 0.4) is 0 Å². The first-order chi connectivity index (χ1) is 17.3. The lowest BCUT2D eigenvalue weighted by molar-refractivity contribution is -0.115. The van der Waals surface area contributed by atoms with E-state index in [1.807, 2.05) is 61.5 Å². The number of halogens is 1. The molecule has 1 unspecified atom stereocenters. The molecule has 4 rings (SSSR count). The fourth-order valence-electron chi connectivity index (χ4n) is 3.63. The van der Waals surface area contributed by atoms with Gasteiger partial charge in [-0.25, -0.2) is 4.79 Å². The highest BCUT2D eigenvalue weighted by Gasteiger charge is 2.20. The van der Waals surface area contributed by atoms with E-state index in [1.165, 1.54) is 30.0 Å². The zero-order valence-electron chi connectivity index (χ0n) is 19.3. The summed E-state index contributed by atoms with van der Waals surface area (Å²) < 4.78 is 0. The Morgan fingerprint density at radius 2 is 1.61 bits per heavy atom.